The summed E-state index contributed by atoms with van der Waals surface area (Å²) in [5.74, 6) is -0.332. The van der Waals surface area contributed by atoms with Gasteiger partial charge in [0.15, 0.2) is 0 Å². The van der Waals surface area contributed by atoms with Crippen LogP contribution in [0.5, 0.6) is 0 Å². The maximum Gasteiger partial charge on any atom is 0.259 e. The van der Waals surface area contributed by atoms with E-state index in [1.807, 2.05) is 0 Å². The fourth-order valence-electron chi connectivity index (χ4n) is 2.02. The average Bonchev–Trinajstić information content (AvgIpc) is 2.56. The van der Waals surface area contributed by atoms with Gasteiger partial charge < -0.3 is 10.6 Å². The summed E-state index contributed by atoms with van der Waals surface area (Å²) in [6.07, 6.45) is 4.74. The molecule has 0 spiro atoms. The van der Waals surface area contributed by atoms with Crippen LogP contribution in [0.4, 0.5) is 21.6 Å². The normalized spacial score (nSPS) is 10.1. The molecule has 0 fully saturated rings. The van der Waals surface area contributed by atoms with Crippen molar-refractivity contribution < 1.29 is 9.18 Å². The van der Waals surface area contributed by atoms with Gasteiger partial charge in [-0.25, -0.2) is 9.37 Å². The van der Waals surface area contributed by atoms with Crippen molar-refractivity contribution in [1.82, 2.24) is 9.97 Å². The number of carbonyl (C=O) groups excluding carboxylic acids is 1. The van der Waals surface area contributed by atoms with Crippen molar-refractivity contribution in [3.05, 3.63) is 78.5 Å². The van der Waals surface area contributed by atoms with Gasteiger partial charge in [-0.2, -0.15) is 0 Å². The molecule has 0 aliphatic carbocycles. The molecular formula is C17H13FN4O. The van der Waals surface area contributed by atoms with E-state index in [4.69, 9.17) is 0 Å². The molecule has 114 valence electrons. The Kier molecular flexibility index (Phi) is 4.24. The number of anilines is 3. The molecule has 0 radical (unpaired) electrons. The first-order valence-electron chi connectivity index (χ1n) is 6.91. The first-order chi connectivity index (χ1) is 11.2. The SMILES string of the molecule is O=C(Nc1ccncc1)c1cccnc1Nc1cccc(F)c1. The third kappa shape index (κ3) is 3.68. The van der Waals surface area contributed by atoms with Crippen molar-refractivity contribution >= 4 is 23.1 Å². The Hall–Kier alpha value is -3.28. The van der Waals surface area contributed by atoms with Crippen LogP contribution in [0.2, 0.25) is 0 Å². The molecule has 1 amide bonds. The summed E-state index contributed by atoms with van der Waals surface area (Å²) in [5, 5.41) is 5.72. The van der Waals surface area contributed by atoms with Gasteiger partial charge >= 0.3 is 0 Å². The lowest BCUT2D eigenvalue weighted by atomic mass is 10.2. The summed E-state index contributed by atoms with van der Waals surface area (Å²) in [5.41, 5.74) is 1.50. The molecule has 6 heteroatoms. The van der Waals surface area contributed by atoms with Crippen LogP contribution in [0.3, 0.4) is 0 Å². The zero-order chi connectivity index (χ0) is 16.1. The number of amides is 1. The zero-order valence-electron chi connectivity index (χ0n) is 12.0. The van der Waals surface area contributed by atoms with Crippen LogP contribution < -0.4 is 10.6 Å². The fraction of sp³-hybridized carbons (Fsp3) is 0. The number of nitrogens with one attached hydrogen (secondary N) is 2. The van der Waals surface area contributed by atoms with E-state index in [9.17, 15) is 9.18 Å². The topological polar surface area (TPSA) is 66.9 Å². The van der Waals surface area contributed by atoms with Gasteiger partial charge in [-0.05, 0) is 42.5 Å². The Morgan fingerprint density at radius 2 is 1.78 bits per heavy atom. The standard InChI is InChI=1S/C17H13FN4O/c18-12-3-1-4-14(11-12)21-16-15(5-2-8-20-16)17(23)22-13-6-9-19-10-7-13/h1-11H,(H,20,21)(H,19,22,23). The molecule has 0 saturated heterocycles. The van der Waals surface area contributed by atoms with E-state index in [2.05, 4.69) is 20.6 Å². The number of benzene rings is 1. The maximum absolute atomic E-state index is 13.3. The van der Waals surface area contributed by atoms with Crippen LogP contribution in [0.1, 0.15) is 10.4 Å². The number of aromatic nitrogens is 2. The molecule has 3 rings (SSSR count). The second-order valence-electron chi connectivity index (χ2n) is 4.72. The first-order valence-corrected chi connectivity index (χ1v) is 6.91. The van der Waals surface area contributed by atoms with Crippen molar-refractivity contribution in [2.75, 3.05) is 10.6 Å². The van der Waals surface area contributed by atoms with E-state index < -0.39 is 0 Å². The molecule has 0 bridgehead atoms. The highest BCUT2D eigenvalue weighted by molar-refractivity contribution is 6.07. The van der Waals surface area contributed by atoms with Crippen LogP contribution >= 0.6 is 0 Å². The van der Waals surface area contributed by atoms with Crippen molar-refractivity contribution in [2.24, 2.45) is 0 Å². The van der Waals surface area contributed by atoms with Crippen LogP contribution in [0.25, 0.3) is 0 Å². The molecule has 5 nitrogen and oxygen atoms in total. The second-order valence-corrected chi connectivity index (χ2v) is 4.72. The largest absolute Gasteiger partial charge is 0.339 e. The smallest absolute Gasteiger partial charge is 0.259 e. The average molecular weight is 308 g/mol. The Bertz CT molecular complexity index is 824. The van der Waals surface area contributed by atoms with Crippen LogP contribution in [-0.2, 0) is 0 Å². The molecule has 1 aromatic carbocycles. The number of carbonyl (C=O) groups is 1. The van der Waals surface area contributed by atoms with E-state index in [0.717, 1.165) is 0 Å². The van der Waals surface area contributed by atoms with Gasteiger partial charge in [0.25, 0.3) is 5.91 Å². The Balaban J connectivity index is 1.84. The van der Waals surface area contributed by atoms with Gasteiger partial charge in [-0.15, -0.1) is 0 Å². The number of pyridine rings is 2. The number of hydrogen-bond donors (Lipinski definition) is 2. The van der Waals surface area contributed by atoms with Gasteiger partial charge in [0, 0.05) is 30.0 Å². The van der Waals surface area contributed by atoms with Crippen molar-refractivity contribution in [3.8, 4) is 0 Å². The molecule has 0 saturated carbocycles. The van der Waals surface area contributed by atoms with E-state index in [0.29, 0.717) is 22.8 Å². The lowest BCUT2D eigenvalue weighted by Gasteiger charge is -2.11. The van der Waals surface area contributed by atoms with Crippen molar-refractivity contribution in [1.29, 1.82) is 0 Å². The zero-order valence-corrected chi connectivity index (χ0v) is 12.0. The molecule has 0 atom stereocenters. The fourth-order valence-corrected chi connectivity index (χ4v) is 2.02. The summed E-state index contributed by atoms with van der Waals surface area (Å²) < 4.78 is 13.3. The molecule has 3 aromatic rings. The van der Waals surface area contributed by atoms with Crippen molar-refractivity contribution in [3.63, 3.8) is 0 Å². The predicted molar refractivity (Wildman–Crippen MR) is 86.1 cm³/mol. The third-order valence-corrected chi connectivity index (χ3v) is 3.08. The molecule has 2 aromatic heterocycles. The minimum atomic E-state index is -0.367. The number of halogens is 1. The lowest BCUT2D eigenvalue weighted by Crippen LogP contribution is -2.14. The summed E-state index contributed by atoms with van der Waals surface area (Å²) in [4.78, 5) is 20.5. The second kappa shape index (κ2) is 6.65. The van der Waals surface area contributed by atoms with E-state index in [1.165, 1.54) is 12.1 Å². The van der Waals surface area contributed by atoms with Gasteiger partial charge in [0.05, 0.1) is 5.56 Å². The van der Waals surface area contributed by atoms with Crippen LogP contribution in [0, 0.1) is 5.82 Å². The molecule has 0 unspecified atom stereocenters. The van der Waals surface area contributed by atoms with E-state index >= 15 is 0 Å². The van der Waals surface area contributed by atoms with E-state index in [-0.39, 0.29) is 11.7 Å². The quantitative estimate of drug-likeness (QED) is 0.772. The van der Waals surface area contributed by atoms with Gasteiger partial charge in [-0.1, -0.05) is 6.07 Å². The number of nitrogens with zero attached hydrogens (tertiary/aromatic N) is 2. The number of rotatable bonds is 4. The first kappa shape index (κ1) is 14.6. The Morgan fingerprint density at radius 1 is 0.957 bits per heavy atom. The summed E-state index contributed by atoms with van der Waals surface area (Å²) >= 11 is 0. The minimum absolute atomic E-state index is 0.316. The summed E-state index contributed by atoms with van der Waals surface area (Å²) in [6, 6.07) is 12.6. The summed E-state index contributed by atoms with van der Waals surface area (Å²) in [7, 11) is 0. The van der Waals surface area contributed by atoms with Crippen LogP contribution in [0.15, 0.2) is 67.1 Å². The molecular weight excluding hydrogens is 295 g/mol. The lowest BCUT2D eigenvalue weighted by molar-refractivity contribution is 0.102. The predicted octanol–water partition coefficient (Wildman–Crippen LogP) is 3.61. The van der Waals surface area contributed by atoms with Gasteiger partial charge in [-0.3, -0.25) is 9.78 Å². The maximum atomic E-state index is 13.3. The van der Waals surface area contributed by atoms with E-state index in [1.54, 1.807) is 55.0 Å². The molecule has 0 aliphatic heterocycles. The molecule has 2 heterocycles. The number of hydrogen-bond acceptors (Lipinski definition) is 4. The third-order valence-electron chi connectivity index (χ3n) is 3.08. The van der Waals surface area contributed by atoms with Gasteiger partial charge in [0.1, 0.15) is 11.6 Å². The monoisotopic (exact) mass is 308 g/mol. The molecule has 2 N–H and O–H groups in total. The summed E-state index contributed by atoms with van der Waals surface area (Å²) in [6.45, 7) is 0. The molecule has 0 aliphatic rings. The molecule has 23 heavy (non-hydrogen) atoms. The highest BCUT2D eigenvalue weighted by Crippen LogP contribution is 2.20. The Labute approximate surface area is 132 Å². The van der Waals surface area contributed by atoms with Crippen molar-refractivity contribution in [2.45, 2.75) is 0 Å². The van der Waals surface area contributed by atoms with Gasteiger partial charge in [0.2, 0.25) is 0 Å². The highest BCUT2D eigenvalue weighted by Gasteiger charge is 2.13. The minimum Gasteiger partial charge on any atom is -0.339 e. The Morgan fingerprint density at radius 3 is 2.57 bits per heavy atom. The highest BCUT2D eigenvalue weighted by atomic mass is 19.1. The van der Waals surface area contributed by atoms with Crippen LogP contribution in [-0.4, -0.2) is 15.9 Å².